The van der Waals surface area contributed by atoms with Crippen LogP contribution in [0.4, 0.5) is 5.69 Å². The molecule has 0 saturated carbocycles. The molecule has 2 heterocycles. The van der Waals surface area contributed by atoms with E-state index in [9.17, 15) is 0 Å². The number of fused-ring (bicyclic) bond motifs is 6. The summed E-state index contributed by atoms with van der Waals surface area (Å²) in [6, 6.07) is 31.3. The van der Waals surface area contributed by atoms with Crippen LogP contribution in [0.5, 0.6) is 0 Å². The fourth-order valence-corrected chi connectivity index (χ4v) is 5.95. The van der Waals surface area contributed by atoms with Gasteiger partial charge in [0.15, 0.2) is 0 Å². The van der Waals surface area contributed by atoms with E-state index in [0.29, 0.717) is 0 Å². The van der Waals surface area contributed by atoms with Crippen LogP contribution >= 0.6 is 0 Å². The van der Waals surface area contributed by atoms with Crippen LogP contribution < -0.4 is 5.32 Å². The summed E-state index contributed by atoms with van der Waals surface area (Å²) in [6.07, 6.45) is 5.74. The average Bonchev–Trinajstić information content (AvgIpc) is 3.34. The number of hydrogen-bond acceptors (Lipinski definition) is 1. The number of hydrogen-bond donors (Lipinski definition) is 1. The molecule has 2 nitrogen and oxygen atoms in total. The minimum Gasteiger partial charge on any atom is -0.375 e. The van der Waals surface area contributed by atoms with E-state index >= 15 is 0 Å². The lowest BCUT2D eigenvalue weighted by Crippen LogP contribution is -2.32. The zero-order valence-corrected chi connectivity index (χ0v) is 20.4. The van der Waals surface area contributed by atoms with Gasteiger partial charge in [0.1, 0.15) is 0 Å². The smallest absolute Gasteiger partial charge is 0.0638 e. The molecule has 7 rings (SSSR count). The standard InChI is InChI=1S/C33H28N2/c1-21-8-14-31-27(18-21)28-19-22(2)9-15-32(28)35(31)25-12-10-23(11-13-25)24-16-17-33(3)29(20-24)26-6-4-5-7-30(26)34-33/h4-16,18-20,34H,17H2,1-3H3. The topological polar surface area (TPSA) is 17.0 Å². The van der Waals surface area contributed by atoms with Gasteiger partial charge in [0.05, 0.1) is 16.6 Å². The Kier molecular flexibility index (Phi) is 4.20. The molecule has 0 spiro atoms. The van der Waals surface area contributed by atoms with Gasteiger partial charge in [0.2, 0.25) is 0 Å². The number of benzene rings is 4. The van der Waals surface area contributed by atoms with Crippen LogP contribution in [-0.2, 0) is 0 Å². The lowest BCUT2D eigenvalue weighted by Gasteiger charge is -2.30. The van der Waals surface area contributed by atoms with Crippen LogP contribution in [0.1, 0.15) is 35.6 Å². The lowest BCUT2D eigenvalue weighted by atomic mass is 9.81. The molecule has 5 aromatic rings. The summed E-state index contributed by atoms with van der Waals surface area (Å²) in [4.78, 5) is 0. The number of para-hydroxylation sites is 1. The Morgan fingerprint density at radius 3 is 2.11 bits per heavy atom. The highest BCUT2D eigenvalue weighted by Gasteiger charge is 2.38. The molecule has 0 saturated heterocycles. The number of allylic oxidation sites excluding steroid dienone is 2. The van der Waals surface area contributed by atoms with Crippen molar-refractivity contribution in [2.75, 3.05) is 5.32 Å². The molecule has 1 aromatic heterocycles. The molecule has 4 aromatic carbocycles. The van der Waals surface area contributed by atoms with Crippen molar-refractivity contribution >= 4 is 38.6 Å². The third-order valence-corrected chi connectivity index (χ3v) is 7.79. The van der Waals surface area contributed by atoms with Crippen molar-refractivity contribution in [3.8, 4) is 5.69 Å². The summed E-state index contributed by atoms with van der Waals surface area (Å²) in [5.74, 6) is 0. The van der Waals surface area contributed by atoms with E-state index < -0.39 is 0 Å². The number of nitrogens with zero attached hydrogens (tertiary/aromatic N) is 1. The number of nitrogens with one attached hydrogen (secondary N) is 1. The van der Waals surface area contributed by atoms with Crippen LogP contribution in [0.2, 0.25) is 0 Å². The maximum atomic E-state index is 3.74. The van der Waals surface area contributed by atoms with Gasteiger partial charge in [-0.15, -0.1) is 0 Å². The summed E-state index contributed by atoms with van der Waals surface area (Å²) in [6.45, 7) is 6.65. The molecule has 1 unspecified atom stereocenters. The molecule has 0 amide bonds. The first-order chi connectivity index (χ1) is 17.0. The van der Waals surface area contributed by atoms with E-state index in [-0.39, 0.29) is 5.54 Å². The summed E-state index contributed by atoms with van der Waals surface area (Å²) in [5, 5.41) is 6.38. The minimum atomic E-state index is -0.0215. The molecular weight excluding hydrogens is 424 g/mol. The molecule has 0 radical (unpaired) electrons. The van der Waals surface area contributed by atoms with Crippen LogP contribution in [0.15, 0.2) is 97.1 Å². The summed E-state index contributed by atoms with van der Waals surface area (Å²) in [7, 11) is 0. The Morgan fingerprint density at radius 2 is 1.43 bits per heavy atom. The Bertz CT molecular complexity index is 1650. The monoisotopic (exact) mass is 452 g/mol. The van der Waals surface area contributed by atoms with Gasteiger partial charge in [-0.1, -0.05) is 59.7 Å². The number of aryl methyl sites for hydroxylation is 2. The van der Waals surface area contributed by atoms with Gasteiger partial charge in [-0.25, -0.2) is 0 Å². The average molecular weight is 453 g/mol. The van der Waals surface area contributed by atoms with Crippen molar-refractivity contribution in [2.45, 2.75) is 32.7 Å². The van der Waals surface area contributed by atoms with Gasteiger partial charge in [-0.2, -0.15) is 0 Å². The highest BCUT2D eigenvalue weighted by molar-refractivity contribution is 6.09. The van der Waals surface area contributed by atoms with E-state index in [1.807, 2.05) is 0 Å². The van der Waals surface area contributed by atoms with Crippen molar-refractivity contribution in [3.63, 3.8) is 0 Å². The minimum absolute atomic E-state index is 0.0215. The van der Waals surface area contributed by atoms with Gasteiger partial charge in [-0.3, -0.25) is 0 Å². The second kappa shape index (κ2) is 7.23. The Hall–Kier alpha value is -4.04. The summed E-state index contributed by atoms with van der Waals surface area (Å²) >= 11 is 0. The van der Waals surface area contributed by atoms with E-state index in [1.54, 1.807) is 0 Å². The summed E-state index contributed by atoms with van der Waals surface area (Å²) < 4.78 is 2.40. The third kappa shape index (κ3) is 3.03. The molecule has 1 atom stereocenters. The van der Waals surface area contributed by atoms with Crippen LogP contribution in [0.25, 0.3) is 38.6 Å². The molecule has 1 aliphatic heterocycles. The largest absolute Gasteiger partial charge is 0.375 e. The van der Waals surface area contributed by atoms with Crippen LogP contribution in [0, 0.1) is 13.8 Å². The highest BCUT2D eigenvalue weighted by atomic mass is 15.0. The Balaban J connectivity index is 1.32. The molecule has 0 fully saturated rings. The quantitative estimate of drug-likeness (QED) is 0.284. The van der Waals surface area contributed by atoms with Crippen LogP contribution in [0.3, 0.4) is 0 Å². The molecule has 1 aliphatic carbocycles. The predicted molar refractivity (Wildman–Crippen MR) is 149 cm³/mol. The second-order valence-electron chi connectivity index (χ2n) is 10.3. The van der Waals surface area contributed by atoms with E-state index in [4.69, 9.17) is 0 Å². The normalized spacial score (nSPS) is 18.7. The molecular formula is C33H28N2. The zero-order chi connectivity index (χ0) is 23.7. The summed E-state index contributed by atoms with van der Waals surface area (Å²) in [5.41, 5.74) is 12.8. The highest BCUT2D eigenvalue weighted by Crippen LogP contribution is 2.47. The number of anilines is 1. The van der Waals surface area contributed by atoms with Gasteiger partial charge in [-0.05, 0) is 92.4 Å². The number of rotatable bonds is 2. The SMILES string of the molecule is Cc1ccc2c(c1)c1cc(C)ccc1n2-c1ccc(C2=CCC3(C)Nc4ccccc4C3=C2)cc1. The Labute approximate surface area is 206 Å². The first-order valence-corrected chi connectivity index (χ1v) is 12.4. The van der Waals surface area contributed by atoms with Crippen molar-refractivity contribution in [1.82, 2.24) is 4.57 Å². The van der Waals surface area contributed by atoms with Gasteiger partial charge >= 0.3 is 0 Å². The predicted octanol–water partition coefficient (Wildman–Crippen LogP) is 8.46. The molecule has 0 bridgehead atoms. The van der Waals surface area contributed by atoms with E-state index in [1.165, 1.54) is 66.6 Å². The van der Waals surface area contributed by atoms with Crippen molar-refractivity contribution < 1.29 is 0 Å². The van der Waals surface area contributed by atoms with Gasteiger partial charge < -0.3 is 9.88 Å². The van der Waals surface area contributed by atoms with Crippen molar-refractivity contribution in [3.05, 3.63) is 119 Å². The van der Waals surface area contributed by atoms with Crippen molar-refractivity contribution in [1.29, 1.82) is 0 Å². The number of aromatic nitrogens is 1. The molecule has 35 heavy (non-hydrogen) atoms. The maximum absolute atomic E-state index is 3.74. The maximum Gasteiger partial charge on any atom is 0.0638 e. The Morgan fingerprint density at radius 1 is 0.771 bits per heavy atom. The molecule has 170 valence electrons. The molecule has 2 aliphatic rings. The molecule has 2 heteroatoms. The lowest BCUT2D eigenvalue weighted by molar-refractivity contribution is 0.679. The van der Waals surface area contributed by atoms with Crippen LogP contribution in [-0.4, -0.2) is 10.1 Å². The first-order valence-electron chi connectivity index (χ1n) is 12.4. The fraction of sp³-hybridized carbons (Fsp3) is 0.152. The van der Waals surface area contributed by atoms with Gasteiger partial charge in [0.25, 0.3) is 0 Å². The van der Waals surface area contributed by atoms with Gasteiger partial charge in [0, 0.05) is 27.7 Å². The zero-order valence-electron chi connectivity index (χ0n) is 20.4. The molecule has 1 N–H and O–H groups in total. The van der Waals surface area contributed by atoms with E-state index in [0.717, 1.165) is 6.42 Å². The first kappa shape index (κ1) is 20.3. The third-order valence-electron chi connectivity index (χ3n) is 7.79. The second-order valence-corrected chi connectivity index (χ2v) is 10.3. The van der Waals surface area contributed by atoms with Crippen molar-refractivity contribution in [2.24, 2.45) is 0 Å². The fourth-order valence-electron chi connectivity index (χ4n) is 5.95. The van der Waals surface area contributed by atoms with E-state index in [2.05, 4.69) is 128 Å².